The first kappa shape index (κ1) is 18.0. The molecular weight excluding hydrogens is 332 g/mol. The van der Waals surface area contributed by atoms with E-state index >= 15 is 0 Å². The van der Waals surface area contributed by atoms with Crippen LogP contribution < -0.4 is 0 Å². The van der Waals surface area contributed by atoms with Crippen molar-refractivity contribution in [3.8, 4) is 0 Å². The molecule has 132 valence electrons. The van der Waals surface area contributed by atoms with Crippen LogP contribution in [0.2, 0.25) is 5.02 Å². The second-order valence-electron chi connectivity index (χ2n) is 6.71. The smallest absolute Gasteiger partial charge is 0.254 e. The third-order valence-electron chi connectivity index (χ3n) is 4.94. The molecule has 3 rings (SSSR count). The van der Waals surface area contributed by atoms with Gasteiger partial charge in [-0.1, -0.05) is 48.4 Å². The number of rotatable bonds is 5. The Hall–Kier alpha value is -1.84. The summed E-state index contributed by atoms with van der Waals surface area (Å²) in [7, 11) is 1.90. The molecule has 3 nitrogen and oxygen atoms in total. The number of likely N-dealkylation sites (tertiary alicyclic amines) is 1. The molecule has 1 saturated heterocycles. The molecule has 0 radical (unpaired) electrons. The third kappa shape index (κ3) is 4.62. The van der Waals surface area contributed by atoms with Crippen molar-refractivity contribution >= 4 is 17.5 Å². The summed E-state index contributed by atoms with van der Waals surface area (Å²) in [6.07, 6.45) is 3.80. The van der Waals surface area contributed by atoms with Gasteiger partial charge in [0.2, 0.25) is 0 Å². The summed E-state index contributed by atoms with van der Waals surface area (Å²) in [6, 6.07) is 17.5. The summed E-state index contributed by atoms with van der Waals surface area (Å²) in [4.78, 5) is 17.3. The fourth-order valence-corrected chi connectivity index (χ4v) is 3.58. The highest BCUT2D eigenvalue weighted by Gasteiger charge is 2.25. The molecule has 0 aromatic heterocycles. The maximum absolute atomic E-state index is 13.0. The van der Waals surface area contributed by atoms with Crippen molar-refractivity contribution in [1.29, 1.82) is 0 Å². The molecule has 1 atom stereocenters. The fourth-order valence-electron chi connectivity index (χ4n) is 3.45. The van der Waals surface area contributed by atoms with Crippen LogP contribution in [0.4, 0.5) is 0 Å². The van der Waals surface area contributed by atoms with Crippen molar-refractivity contribution in [3.05, 3.63) is 70.7 Å². The first-order chi connectivity index (χ1) is 12.1. The van der Waals surface area contributed by atoms with Crippen LogP contribution in [-0.2, 0) is 0 Å². The van der Waals surface area contributed by atoms with Gasteiger partial charge in [-0.25, -0.2) is 0 Å². The minimum absolute atomic E-state index is 0.0301. The van der Waals surface area contributed by atoms with Crippen LogP contribution in [0.5, 0.6) is 0 Å². The molecule has 1 heterocycles. The number of hydrogen-bond acceptors (Lipinski definition) is 2. The number of carbonyl (C=O) groups is 1. The Balaban J connectivity index is 1.82. The van der Waals surface area contributed by atoms with E-state index in [0.29, 0.717) is 10.6 Å². The molecular formula is C21H25ClN2O. The van der Waals surface area contributed by atoms with Gasteiger partial charge in [0.1, 0.15) is 0 Å². The summed E-state index contributed by atoms with van der Waals surface area (Å²) in [5.74, 6) is 0.0301. The van der Waals surface area contributed by atoms with Crippen LogP contribution in [0.25, 0.3) is 0 Å². The molecule has 0 aliphatic carbocycles. The van der Waals surface area contributed by atoms with E-state index in [1.54, 1.807) is 24.3 Å². The van der Waals surface area contributed by atoms with Gasteiger partial charge in [-0.2, -0.15) is 0 Å². The number of benzene rings is 2. The molecule has 4 heteroatoms. The summed E-state index contributed by atoms with van der Waals surface area (Å²) in [5.41, 5.74) is 1.85. The van der Waals surface area contributed by atoms with Gasteiger partial charge in [0.15, 0.2) is 0 Å². The number of nitrogens with zero attached hydrogens (tertiary/aromatic N) is 2. The molecule has 0 unspecified atom stereocenters. The minimum atomic E-state index is 0.0301. The molecule has 2 aromatic carbocycles. The maximum atomic E-state index is 13.0. The zero-order valence-corrected chi connectivity index (χ0v) is 15.5. The Morgan fingerprint density at radius 2 is 1.68 bits per heavy atom. The lowest BCUT2D eigenvalue weighted by atomic mass is 10.0. The molecule has 0 bridgehead atoms. The quantitative estimate of drug-likeness (QED) is 0.779. The molecule has 1 fully saturated rings. The Morgan fingerprint density at radius 3 is 2.32 bits per heavy atom. The van der Waals surface area contributed by atoms with Crippen LogP contribution in [0.3, 0.4) is 0 Å². The second kappa shape index (κ2) is 8.50. The molecule has 1 aliphatic rings. The van der Waals surface area contributed by atoms with Gasteiger partial charge in [-0.15, -0.1) is 0 Å². The van der Waals surface area contributed by atoms with Crippen molar-refractivity contribution in [2.24, 2.45) is 0 Å². The number of hydrogen-bond donors (Lipinski definition) is 0. The van der Waals surface area contributed by atoms with E-state index in [1.165, 1.54) is 24.8 Å². The van der Waals surface area contributed by atoms with Crippen LogP contribution in [-0.4, -0.2) is 42.4 Å². The van der Waals surface area contributed by atoms with Crippen molar-refractivity contribution in [2.45, 2.75) is 25.3 Å². The number of halogens is 1. The highest BCUT2D eigenvalue weighted by atomic mass is 35.5. The van der Waals surface area contributed by atoms with Gasteiger partial charge in [0.25, 0.3) is 5.91 Å². The van der Waals surface area contributed by atoms with E-state index in [9.17, 15) is 4.79 Å². The third-order valence-corrected chi connectivity index (χ3v) is 5.20. The van der Waals surface area contributed by atoms with Crippen molar-refractivity contribution in [3.63, 3.8) is 0 Å². The largest absolute Gasteiger partial charge is 0.333 e. The van der Waals surface area contributed by atoms with Gasteiger partial charge in [0.05, 0.1) is 6.04 Å². The second-order valence-corrected chi connectivity index (χ2v) is 7.15. The van der Waals surface area contributed by atoms with Gasteiger partial charge in [0, 0.05) is 24.2 Å². The number of piperidine rings is 1. The highest BCUT2D eigenvalue weighted by molar-refractivity contribution is 6.30. The van der Waals surface area contributed by atoms with Gasteiger partial charge in [-0.3, -0.25) is 4.79 Å². The molecule has 1 aliphatic heterocycles. The highest BCUT2D eigenvalue weighted by Crippen LogP contribution is 2.24. The summed E-state index contributed by atoms with van der Waals surface area (Å²) in [6.45, 7) is 3.11. The molecule has 2 aromatic rings. The van der Waals surface area contributed by atoms with E-state index < -0.39 is 0 Å². The summed E-state index contributed by atoms with van der Waals surface area (Å²) in [5, 5.41) is 0.645. The Kier molecular flexibility index (Phi) is 6.11. The van der Waals surface area contributed by atoms with Crippen LogP contribution in [0.1, 0.15) is 41.2 Å². The molecule has 0 N–H and O–H groups in total. The maximum Gasteiger partial charge on any atom is 0.254 e. The zero-order chi connectivity index (χ0) is 17.6. The summed E-state index contributed by atoms with van der Waals surface area (Å²) < 4.78 is 0. The Labute approximate surface area is 155 Å². The first-order valence-electron chi connectivity index (χ1n) is 8.95. The average Bonchev–Trinajstić information content (AvgIpc) is 2.67. The molecule has 0 spiro atoms. The van der Waals surface area contributed by atoms with Gasteiger partial charge in [-0.05, 0) is 55.8 Å². The lowest BCUT2D eigenvalue weighted by Crippen LogP contribution is -2.41. The molecule has 25 heavy (non-hydrogen) atoms. The van der Waals surface area contributed by atoms with Crippen molar-refractivity contribution in [1.82, 2.24) is 9.80 Å². The van der Waals surface area contributed by atoms with Gasteiger partial charge >= 0.3 is 0 Å². The Bertz CT molecular complexity index is 681. The van der Waals surface area contributed by atoms with E-state index in [4.69, 9.17) is 11.6 Å². The van der Waals surface area contributed by atoms with Crippen LogP contribution >= 0.6 is 11.6 Å². The summed E-state index contributed by atoms with van der Waals surface area (Å²) >= 11 is 5.95. The molecule has 0 saturated carbocycles. The van der Waals surface area contributed by atoms with E-state index in [0.717, 1.165) is 19.6 Å². The average molecular weight is 357 g/mol. The standard InChI is InChI=1S/C21H25ClN2O/c1-23(21(25)18-10-12-19(22)13-11-18)20(17-8-4-2-5-9-17)16-24-14-6-3-7-15-24/h2,4-5,8-13,20H,3,6-7,14-16H2,1H3/t20-/m1/s1. The Morgan fingerprint density at radius 1 is 1.04 bits per heavy atom. The lowest BCUT2D eigenvalue weighted by Gasteiger charge is -2.35. The van der Waals surface area contributed by atoms with Crippen molar-refractivity contribution < 1.29 is 4.79 Å². The SMILES string of the molecule is CN(C(=O)c1ccc(Cl)cc1)[C@H](CN1CCCCC1)c1ccccc1. The van der Waals surface area contributed by atoms with E-state index in [1.807, 2.05) is 30.1 Å². The minimum Gasteiger partial charge on any atom is -0.333 e. The predicted molar refractivity (Wildman–Crippen MR) is 103 cm³/mol. The number of carbonyl (C=O) groups excluding carboxylic acids is 1. The monoisotopic (exact) mass is 356 g/mol. The zero-order valence-electron chi connectivity index (χ0n) is 14.7. The van der Waals surface area contributed by atoms with Crippen LogP contribution in [0.15, 0.2) is 54.6 Å². The van der Waals surface area contributed by atoms with E-state index in [2.05, 4.69) is 17.0 Å². The van der Waals surface area contributed by atoms with Gasteiger partial charge < -0.3 is 9.80 Å². The van der Waals surface area contributed by atoms with Crippen LogP contribution in [0, 0.1) is 0 Å². The van der Waals surface area contributed by atoms with Crippen molar-refractivity contribution in [2.75, 3.05) is 26.7 Å². The van der Waals surface area contributed by atoms with E-state index in [-0.39, 0.29) is 11.9 Å². The topological polar surface area (TPSA) is 23.6 Å². The normalized spacial score (nSPS) is 16.4. The fraction of sp³-hybridized carbons (Fsp3) is 0.381. The predicted octanol–water partition coefficient (Wildman–Crippen LogP) is 4.64. The molecule has 1 amide bonds. The first-order valence-corrected chi connectivity index (χ1v) is 9.33. The number of amides is 1. The lowest BCUT2D eigenvalue weighted by molar-refractivity contribution is 0.0674. The number of likely N-dealkylation sites (N-methyl/N-ethyl adjacent to an activating group) is 1.